The molecule has 34 heavy (non-hydrogen) atoms. The SMILES string of the molecule is COc1cccc(C(=O)N2CCN(c3ccc(=O)n(-c4ccc(C(C)C)cc4)n3)CC2)c1OC. The van der Waals surface area contributed by atoms with E-state index < -0.39 is 0 Å². The quantitative estimate of drug-likeness (QED) is 0.559. The third-order valence-electron chi connectivity index (χ3n) is 6.11. The van der Waals surface area contributed by atoms with Crippen LogP contribution in [0, 0.1) is 0 Å². The van der Waals surface area contributed by atoms with Crippen molar-refractivity contribution in [2.45, 2.75) is 19.8 Å². The molecule has 2 aromatic carbocycles. The number of hydrogen-bond donors (Lipinski definition) is 0. The van der Waals surface area contributed by atoms with Gasteiger partial charge in [0.1, 0.15) is 5.82 Å². The molecule has 0 atom stereocenters. The number of amides is 1. The van der Waals surface area contributed by atoms with Crippen molar-refractivity contribution in [1.29, 1.82) is 0 Å². The molecule has 8 nitrogen and oxygen atoms in total. The summed E-state index contributed by atoms with van der Waals surface area (Å²) in [6.45, 7) is 6.54. The molecule has 1 aromatic heterocycles. The lowest BCUT2D eigenvalue weighted by molar-refractivity contribution is 0.0742. The molecule has 0 bridgehead atoms. The van der Waals surface area contributed by atoms with Crippen molar-refractivity contribution in [2.24, 2.45) is 0 Å². The Morgan fingerprint density at radius 2 is 1.62 bits per heavy atom. The number of nitrogens with zero attached hydrogens (tertiary/aromatic N) is 4. The Kier molecular flexibility index (Phi) is 6.86. The summed E-state index contributed by atoms with van der Waals surface area (Å²) in [7, 11) is 3.08. The van der Waals surface area contributed by atoms with Crippen LogP contribution in [-0.2, 0) is 0 Å². The Labute approximate surface area is 199 Å². The summed E-state index contributed by atoms with van der Waals surface area (Å²) >= 11 is 0. The van der Waals surface area contributed by atoms with Crippen LogP contribution in [0.1, 0.15) is 35.7 Å². The molecular formula is C26H30N4O4. The number of carbonyl (C=O) groups is 1. The van der Waals surface area contributed by atoms with Gasteiger partial charge in [0.25, 0.3) is 11.5 Å². The number of ether oxygens (including phenoxy) is 2. The maximum Gasteiger partial charge on any atom is 0.271 e. The van der Waals surface area contributed by atoms with E-state index in [9.17, 15) is 9.59 Å². The number of benzene rings is 2. The molecule has 1 amide bonds. The van der Waals surface area contributed by atoms with Gasteiger partial charge in [-0.25, -0.2) is 0 Å². The molecule has 0 N–H and O–H groups in total. The van der Waals surface area contributed by atoms with Crippen LogP contribution in [0.2, 0.25) is 0 Å². The average Bonchev–Trinajstić information content (AvgIpc) is 2.88. The van der Waals surface area contributed by atoms with E-state index in [0.717, 1.165) is 5.69 Å². The molecule has 1 aliphatic heterocycles. The van der Waals surface area contributed by atoms with Gasteiger partial charge in [0.15, 0.2) is 11.5 Å². The number of rotatable bonds is 6. The van der Waals surface area contributed by atoms with E-state index in [0.29, 0.717) is 55.0 Å². The first-order valence-electron chi connectivity index (χ1n) is 11.4. The van der Waals surface area contributed by atoms with Crippen LogP contribution in [0.4, 0.5) is 5.82 Å². The van der Waals surface area contributed by atoms with E-state index in [1.807, 2.05) is 24.3 Å². The maximum absolute atomic E-state index is 13.2. The zero-order valence-corrected chi connectivity index (χ0v) is 20.0. The van der Waals surface area contributed by atoms with Crippen LogP contribution in [0.15, 0.2) is 59.4 Å². The second kappa shape index (κ2) is 9.99. The monoisotopic (exact) mass is 462 g/mol. The van der Waals surface area contributed by atoms with Crippen molar-refractivity contribution < 1.29 is 14.3 Å². The van der Waals surface area contributed by atoms with E-state index >= 15 is 0 Å². The molecule has 8 heteroatoms. The number of piperazine rings is 1. The number of hydrogen-bond acceptors (Lipinski definition) is 6. The van der Waals surface area contributed by atoms with Crippen molar-refractivity contribution in [2.75, 3.05) is 45.3 Å². The Bertz CT molecular complexity index is 1210. The van der Waals surface area contributed by atoms with Gasteiger partial charge in [-0.2, -0.15) is 4.68 Å². The Morgan fingerprint density at radius 3 is 2.24 bits per heavy atom. The minimum absolute atomic E-state index is 0.0985. The molecule has 1 aliphatic rings. The zero-order valence-electron chi connectivity index (χ0n) is 20.0. The van der Waals surface area contributed by atoms with Gasteiger partial charge in [0.2, 0.25) is 0 Å². The summed E-state index contributed by atoms with van der Waals surface area (Å²) in [6, 6.07) is 16.5. The highest BCUT2D eigenvalue weighted by Gasteiger charge is 2.26. The maximum atomic E-state index is 13.2. The van der Waals surface area contributed by atoms with E-state index in [-0.39, 0.29) is 11.5 Å². The van der Waals surface area contributed by atoms with Crippen LogP contribution in [-0.4, -0.2) is 61.0 Å². The standard InChI is InChI=1S/C26H30N4O4/c1-18(2)19-8-10-20(11-9-19)30-24(31)13-12-23(27-30)28-14-16-29(17-15-28)26(32)21-6-5-7-22(33-3)25(21)34-4/h5-13,18H,14-17H2,1-4H3. The van der Waals surface area contributed by atoms with Crippen LogP contribution < -0.4 is 19.9 Å². The second-order valence-electron chi connectivity index (χ2n) is 8.51. The van der Waals surface area contributed by atoms with Crippen LogP contribution in [0.3, 0.4) is 0 Å². The molecular weight excluding hydrogens is 432 g/mol. The number of carbonyl (C=O) groups excluding carboxylic acids is 1. The number of anilines is 1. The predicted molar refractivity (Wildman–Crippen MR) is 132 cm³/mol. The average molecular weight is 463 g/mol. The summed E-state index contributed by atoms with van der Waals surface area (Å²) in [5.41, 5.74) is 2.24. The van der Waals surface area contributed by atoms with Gasteiger partial charge in [-0.05, 0) is 41.8 Å². The normalized spacial score (nSPS) is 13.8. The largest absolute Gasteiger partial charge is 0.493 e. The summed E-state index contributed by atoms with van der Waals surface area (Å²) in [6.07, 6.45) is 0. The topological polar surface area (TPSA) is 76.9 Å². The second-order valence-corrected chi connectivity index (χ2v) is 8.51. The van der Waals surface area contributed by atoms with Gasteiger partial charge < -0.3 is 19.3 Å². The minimum atomic E-state index is -0.181. The molecule has 0 unspecified atom stereocenters. The summed E-state index contributed by atoms with van der Waals surface area (Å²) in [5.74, 6) is 1.99. The molecule has 0 aliphatic carbocycles. The number of aromatic nitrogens is 2. The molecule has 3 aromatic rings. The first-order valence-corrected chi connectivity index (χ1v) is 11.4. The van der Waals surface area contributed by atoms with Crippen molar-refractivity contribution in [3.8, 4) is 17.2 Å². The van der Waals surface area contributed by atoms with E-state index in [2.05, 4.69) is 23.8 Å². The zero-order chi connectivity index (χ0) is 24.2. The molecule has 2 heterocycles. The highest BCUT2D eigenvalue weighted by molar-refractivity contribution is 5.98. The number of methoxy groups -OCH3 is 2. The van der Waals surface area contributed by atoms with Crippen LogP contribution in [0.25, 0.3) is 5.69 Å². The molecule has 0 spiro atoms. The lowest BCUT2D eigenvalue weighted by atomic mass is 10.0. The highest BCUT2D eigenvalue weighted by Crippen LogP contribution is 2.31. The van der Waals surface area contributed by atoms with Crippen LogP contribution >= 0.6 is 0 Å². The summed E-state index contributed by atoms with van der Waals surface area (Å²) < 4.78 is 12.2. The fourth-order valence-corrected chi connectivity index (χ4v) is 4.12. The van der Waals surface area contributed by atoms with Crippen molar-refractivity contribution in [1.82, 2.24) is 14.7 Å². The molecule has 0 saturated carbocycles. The lowest BCUT2D eigenvalue weighted by Crippen LogP contribution is -2.49. The van der Waals surface area contributed by atoms with Gasteiger partial charge in [-0.1, -0.05) is 32.0 Å². The van der Waals surface area contributed by atoms with E-state index in [4.69, 9.17) is 9.47 Å². The Morgan fingerprint density at radius 1 is 0.912 bits per heavy atom. The van der Waals surface area contributed by atoms with E-state index in [1.165, 1.54) is 23.4 Å². The highest BCUT2D eigenvalue weighted by atomic mass is 16.5. The molecule has 178 valence electrons. The van der Waals surface area contributed by atoms with Crippen molar-refractivity contribution >= 4 is 11.7 Å². The van der Waals surface area contributed by atoms with Gasteiger partial charge in [-0.15, -0.1) is 5.10 Å². The number of para-hydroxylation sites is 1. The van der Waals surface area contributed by atoms with Crippen molar-refractivity contribution in [3.63, 3.8) is 0 Å². The molecule has 1 fully saturated rings. The smallest absolute Gasteiger partial charge is 0.271 e. The Hall–Kier alpha value is -3.81. The predicted octanol–water partition coefficient (Wildman–Crippen LogP) is 3.34. The third kappa shape index (κ3) is 4.62. The lowest BCUT2D eigenvalue weighted by Gasteiger charge is -2.35. The fraction of sp³-hybridized carbons (Fsp3) is 0.346. The van der Waals surface area contributed by atoms with E-state index in [1.54, 1.807) is 36.3 Å². The molecule has 4 rings (SSSR count). The van der Waals surface area contributed by atoms with Gasteiger partial charge in [0.05, 0.1) is 25.5 Å². The van der Waals surface area contributed by atoms with Crippen LogP contribution in [0.5, 0.6) is 11.5 Å². The fourth-order valence-electron chi connectivity index (χ4n) is 4.12. The first kappa shape index (κ1) is 23.4. The van der Waals surface area contributed by atoms with Gasteiger partial charge >= 0.3 is 0 Å². The molecule has 1 saturated heterocycles. The molecule has 0 radical (unpaired) electrons. The minimum Gasteiger partial charge on any atom is -0.493 e. The van der Waals surface area contributed by atoms with Gasteiger partial charge in [0, 0.05) is 32.2 Å². The Balaban J connectivity index is 1.49. The van der Waals surface area contributed by atoms with Gasteiger partial charge in [-0.3, -0.25) is 9.59 Å². The third-order valence-corrected chi connectivity index (χ3v) is 6.11. The van der Waals surface area contributed by atoms with Crippen molar-refractivity contribution in [3.05, 3.63) is 76.1 Å². The summed E-state index contributed by atoms with van der Waals surface area (Å²) in [5, 5.41) is 4.61. The first-order chi connectivity index (χ1) is 16.4. The summed E-state index contributed by atoms with van der Waals surface area (Å²) in [4.78, 5) is 29.5.